The van der Waals surface area contributed by atoms with Crippen molar-refractivity contribution in [1.29, 1.82) is 0 Å². The zero-order valence-electron chi connectivity index (χ0n) is 10.0. The molecule has 5 heteroatoms. The third-order valence-corrected chi connectivity index (χ3v) is 2.54. The number of halogens is 1. The summed E-state index contributed by atoms with van der Waals surface area (Å²) in [6.07, 6.45) is 0. The van der Waals surface area contributed by atoms with Crippen molar-refractivity contribution in [2.75, 3.05) is 13.2 Å². The highest BCUT2D eigenvalue weighted by Gasteiger charge is 2.20. The van der Waals surface area contributed by atoms with Crippen molar-refractivity contribution in [2.45, 2.75) is 20.8 Å². The molecular weight excluding hydrogens is 244 g/mol. The molecule has 1 N–H and O–H groups in total. The van der Waals surface area contributed by atoms with E-state index in [9.17, 15) is 4.79 Å². The molecule has 0 amide bonds. The molecular formula is C12H15ClO4. The van der Waals surface area contributed by atoms with Gasteiger partial charge in [0.1, 0.15) is 0 Å². The van der Waals surface area contributed by atoms with Gasteiger partial charge in [0.25, 0.3) is 0 Å². The van der Waals surface area contributed by atoms with Crippen LogP contribution in [0, 0.1) is 6.92 Å². The number of hydrogen-bond donors (Lipinski definition) is 1. The van der Waals surface area contributed by atoms with Crippen LogP contribution in [0.15, 0.2) is 6.07 Å². The first-order chi connectivity index (χ1) is 8.02. The van der Waals surface area contributed by atoms with Crippen molar-refractivity contribution in [3.05, 3.63) is 22.2 Å². The fourth-order valence-corrected chi connectivity index (χ4v) is 1.90. The second-order valence-corrected chi connectivity index (χ2v) is 3.76. The zero-order valence-corrected chi connectivity index (χ0v) is 10.8. The molecule has 0 spiro atoms. The summed E-state index contributed by atoms with van der Waals surface area (Å²) in [5.41, 5.74) is 0.536. The minimum Gasteiger partial charge on any atom is -0.490 e. The molecule has 0 saturated carbocycles. The van der Waals surface area contributed by atoms with E-state index in [0.29, 0.717) is 30.3 Å². The van der Waals surface area contributed by atoms with Gasteiger partial charge in [-0.3, -0.25) is 0 Å². The van der Waals surface area contributed by atoms with Gasteiger partial charge < -0.3 is 14.6 Å². The van der Waals surface area contributed by atoms with Crippen LogP contribution < -0.4 is 9.47 Å². The van der Waals surface area contributed by atoms with Crippen LogP contribution in [0.3, 0.4) is 0 Å². The van der Waals surface area contributed by atoms with Gasteiger partial charge in [0.05, 0.1) is 23.8 Å². The summed E-state index contributed by atoms with van der Waals surface area (Å²) >= 11 is 5.92. The van der Waals surface area contributed by atoms with E-state index in [1.807, 2.05) is 13.8 Å². The molecule has 1 rings (SSSR count). The fraction of sp³-hybridized carbons (Fsp3) is 0.417. The number of hydrogen-bond acceptors (Lipinski definition) is 3. The average molecular weight is 259 g/mol. The number of ether oxygens (including phenoxy) is 2. The highest BCUT2D eigenvalue weighted by Crippen LogP contribution is 2.38. The Morgan fingerprint density at radius 2 is 1.94 bits per heavy atom. The molecule has 0 atom stereocenters. The van der Waals surface area contributed by atoms with Crippen LogP contribution in [-0.2, 0) is 0 Å². The van der Waals surface area contributed by atoms with E-state index >= 15 is 0 Å². The van der Waals surface area contributed by atoms with Gasteiger partial charge in [-0.1, -0.05) is 11.6 Å². The summed E-state index contributed by atoms with van der Waals surface area (Å²) in [6, 6.07) is 1.48. The van der Waals surface area contributed by atoms with E-state index < -0.39 is 5.97 Å². The quantitative estimate of drug-likeness (QED) is 0.882. The van der Waals surface area contributed by atoms with E-state index in [4.69, 9.17) is 26.2 Å². The Labute approximate surface area is 105 Å². The van der Waals surface area contributed by atoms with Gasteiger partial charge in [-0.05, 0) is 20.8 Å². The maximum absolute atomic E-state index is 11.1. The summed E-state index contributed by atoms with van der Waals surface area (Å²) in [5, 5.41) is 9.23. The lowest BCUT2D eigenvalue weighted by atomic mass is 10.1. The number of carboxylic acid groups (broad SMARTS) is 1. The van der Waals surface area contributed by atoms with Crippen molar-refractivity contribution in [2.24, 2.45) is 0 Å². The van der Waals surface area contributed by atoms with Crippen molar-refractivity contribution in [1.82, 2.24) is 0 Å². The molecule has 4 nitrogen and oxygen atoms in total. The number of carbonyl (C=O) groups is 1. The summed E-state index contributed by atoms with van der Waals surface area (Å²) in [4.78, 5) is 11.1. The number of benzene rings is 1. The van der Waals surface area contributed by atoms with Crippen LogP contribution in [0.5, 0.6) is 11.5 Å². The van der Waals surface area contributed by atoms with Gasteiger partial charge >= 0.3 is 5.97 Å². The second kappa shape index (κ2) is 5.77. The molecule has 0 fully saturated rings. The summed E-state index contributed by atoms with van der Waals surface area (Å²) in [6.45, 7) is 6.21. The van der Waals surface area contributed by atoms with Gasteiger partial charge in [0.15, 0.2) is 11.5 Å². The lowest BCUT2D eigenvalue weighted by Gasteiger charge is -2.16. The van der Waals surface area contributed by atoms with Crippen LogP contribution in [-0.4, -0.2) is 24.3 Å². The Morgan fingerprint density at radius 1 is 1.35 bits per heavy atom. The van der Waals surface area contributed by atoms with Gasteiger partial charge in [-0.25, -0.2) is 4.79 Å². The molecule has 0 radical (unpaired) electrons. The lowest BCUT2D eigenvalue weighted by Crippen LogP contribution is -2.07. The highest BCUT2D eigenvalue weighted by molar-refractivity contribution is 6.34. The van der Waals surface area contributed by atoms with Crippen LogP contribution in [0.1, 0.15) is 29.8 Å². The van der Waals surface area contributed by atoms with Crippen LogP contribution in [0.2, 0.25) is 5.02 Å². The summed E-state index contributed by atoms with van der Waals surface area (Å²) < 4.78 is 10.8. The predicted molar refractivity (Wildman–Crippen MR) is 65.5 cm³/mol. The minimum atomic E-state index is -1.07. The van der Waals surface area contributed by atoms with Gasteiger partial charge in [-0.2, -0.15) is 0 Å². The standard InChI is InChI=1S/C12H15ClO4/c1-4-16-9-6-8(13)10(12(14)15)7(3)11(9)17-5-2/h6H,4-5H2,1-3H3,(H,14,15). The first-order valence-corrected chi connectivity index (χ1v) is 5.72. The van der Waals surface area contributed by atoms with E-state index in [0.717, 1.165) is 0 Å². The molecule has 0 aliphatic heterocycles. The molecule has 0 unspecified atom stereocenters. The van der Waals surface area contributed by atoms with Crippen molar-refractivity contribution < 1.29 is 19.4 Å². The van der Waals surface area contributed by atoms with Crippen molar-refractivity contribution >= 4 is 17.6 Å². The Hall–Kier alpha value is -1.42. The monoisotopic (exact) mass is 258 g/mol. The van der Waals surface area contributed by atoms with Gasteiger partial charge in [0.2, 0.25) is 0 Å². The smallest absolute Gasteiger partial charge is 0.337 e. The topological polar surface area (TPSA) is 55.8 Å². The average Bonchev–Trinajstić information content (AvgIpc) is 2.23. The van der Waals surface area contributed by atoms with Crippen molar-refractivity contribution in [3.8, 4) is 11.5 Å². The molecule has 0 bridgehead atoms. The first kappa shape index (κ1) is 13.6. The molecule has 94 valence electrons. The number of rotatable bonds is 5. The first-order valence-electron chi connectivity index (χ1n) is 5.34. The molecule has 0 aliphatic rings. The molecule has 17 heavy (non-hydrogen) atoms. The molecule has 0 heterocycles. The Balaban J connectivity index is 3.40. The molecule has 0 saturated heterocycles. The molecule has 1 aromatic rings. The Bertz CT molecular complexity index is 429. The van der Waals surface area contributed by atoms with Crippen LogP contribution in [0.4, 0.5) is 0 Å². The van der Waals surface area contributed by atoms with Gasteiger partial charge in [-0.15, -0.1) is 0 Å². The van der Waals surface area contributed by atoms with Crippen LogP contribution >= 0.6 is 11.6 Å². The number of aromatic carboxylic acids is 1. The van der Waals surface area contributed by atoms with E-state index in [1.54, 1.807) is 6.92 Å². The SMILES string of the molecule is CCOc1cc(Cl)c(C(=O)O)c(C)c1OCC. The largest absolute Gasteiger partial charge is 0.490 e. The maximum atomic E-state index is 11.1. The summed E-state index contributed by atoms with van der Waals surface area (Å²) in [7, 11) is 0. The van der Waals surface area contributed by atoms with Gasteiger partial charge in [0, 0.05) is 11.6 Å². The third kappa shape index (κ3) is 2.82. The summed E-state index contributed by atoms with van der Waals surface area (Å²) in [5.74, 6) is -0.158. The second-order valence-electron chi connectivity index (χ2n) is 3.36. The van der Waals surface area contributed by atoms with E-state index in [1.165, 1.54) is 6.07 Å². The Morgan fingerprint density at radius 3 is 2.41 bits per heavy atom. The predicted octanol–water partition coefficient (Wildman–Crippen LogP) is 3.14. The normalized spacial score (nSPS) is 10.1. The highest BCUT2D eigenvalue weighted by atomic mass is 35.5. The lowest BCUT2D eigenvalue weighted by molar-refractivity contribution is 0.0695. The van der Waals surface area contributed by atoms with Crippen molar-refractivity contribution in [3.63, 3.8) is 0 Å². The maximum Gasteiger partial charge on any atom is 0.337 e. The molecule has 1 aromatic carbocycles. The van der Waals surface area contributed by atoms with Crippen LogP contribution in [0.25, 0.3) is 0 Å². The Kier molecular flexibility index (Phi) is 4.63. The third-order valence-electron chi connectivity index (χ3n) is 2.24. The number of carboxylic acids is 1. The van der Waals surface area contributed by atoms with E-state index in [-0.39, 0.29) is 10.6 Å². The van der Waals surface area contributed by atoms with E-state index in [2.05, 4.69) is 0 Å². The molecule has 0 aromatic heterocycles. The zero-order chi connectivity index (χ0) is 13.0. The fourth-order valence-electron chi connectivity index (χ4n) is 1.58. The molecule has 0 aliphatic carbocycles. The minimum absolute atomic E-state index is 0.0542.